The molecular formula is C14H17NO3. The number of carbonyl (C=O) groups excluding carboxylic acids is 1. The molecule has 1 aliphatic rings. The number of aromatic hydroxyl groups is 1. The maximum Gasteiger partial charge on any atom is 0.251 e. The van der Waals surface area contributed by atoms with Crippen LogP contribution in [0, 0.1) is 12.8 Å². The van der Waals surface area contributed by atoms with Crippen molar-refractivity contribution in [2.24, 2.45) is 5.92 Å². The van der Waals surface area contributed by atoms with Crippen molar-refractivity contribution in [3.63, 3.8) is 0 Å². The first kappa shape index (κ1) is 12.6. The number of aliphatic hydroxyl groups excluding tert-OH is 1. The number of amides is 1. The topological polar surface area (TPSA) is 69.6 Å². The van der Waals surface area contributed by atoms with Gasteiger partial charge in [0.15, 0.2) is 0 Å². The molecule has 0 radical (unpaired) electrons. The van der Waals surface area contributed by atoms with Crippen molar-refractivity contribution < 1.29 is 15.0 Å². The number of aliphatic hydroxyl groups is 1. The van der Waals surface area contributed by atoms with Crippen LogP contribution in [-0.4, -0.2) is 28.8 Å². The molecule has 0 saturated heterocycles. The number of phenols is 1. The van der Waals surface area contributed by atoms with Gasteiger partial charge in [-0.1, -0.05) is 12.2 Å². The van der Waals surface area contributed by atoms with E-state index >= 15 is 0 Å². The second-order valence-corrected chi connectivity index (χ2v) is 4.70. The Kier molecular flexibility index (Phi) is 3.67. The van der Waals surface area contributed by atoms with Gasteiger partial charge in [-0.2, -0.15) is 0 Å². The zero-order chi connectivity index (χ0) is 13.1. The molecule has 3 N–H and O–H groups in total. The number of hydrogen-bond donors (Lipinski definition) is 3. The summed E-state index contributed by atoms with van der Waals surface area (Å²) in [7, 11) is 0. The van der Waals surface area contributed by atoms with Gasteiger partial charge in [-0.3, -0.25) is 4.79 Å². The Morgan fingerprint density at radius 2 is 2.17 bits per heavy atom. The van der Waals surface area contributed by atoms with Gasteiger partial charge in [0.05, 0.1) is 0 Å². The number of hydrogen-bond acceptors (Lipinski definition) is 3. The molecule has 0 heterocycles. The molecule has 0 unspecified atom stereocenters. The van der Waals surface area contributed by atoms with Gasteiger partial charge in [0.1, 0.15) is 5.75 Å². The Morgan fingerprint density at radius 1 is 1.39 bits per heavy atom. The minimum atomic E-state index is -0.206. The largest absolute Gasteiger partial charge is 0.508 e. The van der Waals surface area contributed by atoms with Crippen LogP contribution in [0.1, 0.15) is 22.3 Å². The second-order valence-electron chi connectivity index (χ2n) is 4.70. The minimum absolute atomic E-state index is 0.0442. The van der Waals surface area contributed by atoms with E-state index in [-0.39, 0.29) is 30.2 Å². The van der Waals surface area contributed by atoms with E-state index in [2.05, 4.69) is 5.32 Å². The van der Waals surface area contributed by atoms with Crippen LogP contribution in [0.2, 0.25) is 0 Å². The molecule has 2 rings (SSSR count). The predicted molar refractivity (Wildman–Crippen MR) is 68.4 cm³/mol. The lowest BCUT2D eigenvalue weighted by molar-refractivity contribution is 0.0940. The summed E-state index contributed by atoms with van der Waals surface area (Å²) in [5.74, 6) is 0.0128. The molecule has 1 aromatic carbocycles. The molecule has 0 saturated carbocycles. The van der Waals surface area contributed by atoms with Gasteiger partial charge < -0.3 is 15.5 Å². The summed E-state index contributed by atoms with van der Waals surface area (Å²) in [6.07, 6.45) is 4.53. The number of nitrogens with one attached hydrogen (secondary N) is 1. The molecule has 1 aromatic rings. The summed E-state index contributed by atoms with van der Waals surface area (Å²) < 4.78 is 0. The van der Waals surface area contributed by atoms with E-state index in [0.29, 0.717) is 5.56 Å². The van der Waals surface area contributed by atoms with Gasteiger partial charge in [0.2, 0.25) is 0 Å². The van der Waals surface area contributed by atoms with Crippen LogP contribution in [0.3, 0.4) is 0 Å². The summed E-state index contributed by atoms with van der Waals surface area (Å²) >= 11 is 0. The maximum atomic E-state index is 12.0. The Labute approximate surface area is 106 Å². The summed E-state index contributed by atoms with van der Waals surface area (Å²) in [5, 5.41) is 21.3. The third-order valence-corrected chi connectivity index (χ3v) is 3.05. The smallest absolute Gasteiger partial charge is 0.251 e. The molecule has 4 heteroatoms. The lowest BCUT2D eigenvalue weighted by Crippen LogP contribution is -2.32. The van der Waals surface area contributed by atoms with Gasteiger partial charge in [-0.25, -0.2) is 0 Å². The molecule has 4 nitrogen and oxygen atoms in total. The quantitative estimate of drug-likeness (QED) is 0.706. The van der Waals surface area contributed by atoms with Crippen LogP contribution in [0.25, 0.3) is 0 Å². The van der Waals surface area contributed by atoms with E-state index in [4.69, 9.17) is 5.11 Å². The molecule has 2 atom stereocenters. The highest BCUT2D eigenvalue weighted by Gasteiger charge is 2.20. The molecule has 1 aliphatic carbocycles. The van der Waals surface area contributed by atoms with Crippen molar-refractivity contribution in [1.82, 2.24) is 5.32 Å². The Morgan fingerprint density at radius 3 is 2.78 bits per heavy atom. The average Bonchev–Trinajstić information content (AvgIpc) is 2.75. The summed E-state index contributed by atoms with van der Waals surface area (Å²) in [5.41, 5.74) is 1.30. The Bertz CT molecular complexity index is 462. The van der Waals surface area contributed by atoms with Crippen LogP contribution in [-0.2, 0) is 0 Å². The van der Waals surface area contributed by atoms with Crippen LogP contribution in [0.15, 0.2) is 30.4 Å². The fraction of sp³-hybridized carbons (Fsp3) is 0.357. The van der Waals surface area contributed by atoms with Crippen molar-refractivity contribution in [3.05, 3.63) is 41.5 Å². The third kappa shape index (κ3) is 2.90. The SMILES string of the molecule is Cc1cc(O)cc(C(=O)N[C@@H]2C=C[C@H](CO)C2)c1. The van der Waals surface area contributed by atoms with Crippen molar-refractivity contribution in [2.45, 2.75) is 19.4 Å². The fourth-order valence-electron chi connectivity index (χ4n) is 2.16. The summed E-state index contributed by atoms with van der Waals surface area (Å²) in [6.45, 7) is 1.93. The number of rotatable bonds is 3. The van der Waals surface area contributed by atoms with E-state index in [1.54, 1.807) is 12.1 Å². The molecule has 0 aliphatic heterocycles. The summed E-state index contributed by atoms with van der Waals surface area (Å²) in [4.78, 5) is 12.0. The zero-order valence-electron chi connectivity index (χ0n) is 10.3. The van der Waals surface area contributed by atoms with Crippen LogP contribution >= 0.6 is 0 Å². The van der Waals surface area contributed by atoms with Crippen molar-refractivity contribution in [3.8, 4) is 5.75 Å². The number of benzene rings is 1. The maximum absolute atomic E-state index is 12.0. The third-order valence-electron chi connectivity index (χ3n) is 3.05. The first-order valence-corrected chi connectivity index (χ1v) is 5.99. The summed E-state index contributed by atoms with van der Waals surface area (Å²) in [6, 6.07) is 4.74. The van der Waals surface area contributed by atoms with E-state index in [9.17, 15) is 9.90 Å². The standard InChI is InChI=1S/C14H17NO3/c1-9-4-11(7-13(17)5-9)14(18)15-12-3-2-10(6-12)8-16/h2-5,7,10,12,16-17H,6,8H2,1H3,(H,15,18)/t10-,12+/m0/s1. The van der Waals surface area contributed by atoms with Gasteiger partial charge in [-0.15, -0.1) is 0 Å². The number of aryl methyl sites for hydroxylation is 1. The van der Waals surface area contributed by atoms with Crippen molar-refractivity contribution in [2.75, 3.05) is 6.61 Å². The normalized spacial score (nSPS) is 22.1. The van der Waals surface area contributed by atoms with Crippen molar-refractivity contribution >= 4 is 5.91 Å². The molecule has 18 heavy (non-hydrogen) atoms. The van der Waals surface area contributed by atoms with E-state index in [1.807, 2.05) is 19.1 Å². The number of carbonyl (C=O) groups is 1. The number of phenolic OH excluding ortho intramolecular Hbond substituents is 1. The van der Waals surface area contributed by atoms with Gasteiger partial charge in [0.25, 0.3) is 5.91 Å². The Hall–Kier alpha value is -1.81. The molecule has 0 aromatic heterocycles. The van der Waals surface area contributed by atoms with Crippen LogP contribution < -0.4 is 5.32 Å². The first-order chi connectivity index (χ1) is 8.58. The molecule has 0 fully saturated rings. The first-order valence-electron chi connectivity index (χ1n) is 5.99. The van der Waals surface area contributed by atoms with Crippen LogP contribution in [0.4, 0.5) is 0 Å². The highest BCUT2D eigenvalue weighted by Crippen LogP contribution is 2.19. The molecule has 96 valence electrons. The molecule has 1 amide bonds. The average molecular weight is 247 g/mol. The predicted octanol–water partition coefficient (Wildman–Crippen LogP) is 1.37. The van der Waals surface area contributed by atoms with Gasteiger partial charge in [-0.05, 0) is 37.1 Å². The van der Waals surface area contributed by atoms with Gasteiger partial charge >= 0.3 is 0 Å². The van der Waals surface area contributed by atoms with E-state index in [1.165, 1.54) is 6.07 Å². The monoisotopic (exact) mass is 247 g/mol. The van der Waals surface area contributed by atoms with E-state index in [0.717, 1.165) is 12.0 Å². The molecular weight excluding hydrogens is 230 g/mol. The Balaban J connectivity index is 2.02. The lowest BCUT2D eigenvalue weighted by Gasteiger charge is -2.13. The highest BCUT2D eigenvalue weighted by molar-refractivity contribution is 5.95. The minimum Gasteiger partial charge on any atom is -0.508 e. The molecule has 0 bridgehead atoms. The highest BCUT2D eigenvalue weighted by atomic mass is 16.3. The second kappa shape index (κ2) is 5.23. The van der Waals surface area contributed by atoms with Crippen LogP contribution in [0.5, 0.6) is 5.75 Å². The van der Waals surface area contributed by atoms with E-state index < -0.39 is 0 Å². The van der Waals surface area contributed by atoms with Crippen molar-refractivity contribution in [1.29, 1.82) is 0 Å². The fourth-order valence-corrected chi connectivity index (χ4v) is 2.16. The zero-order valence-corrected chi connectivity index (χ0v) is 10.3. The lowest BCUT2D eigenvalue weighted by atomic mass is 10.1. The molecule has 0 spiro atoms. The van der Waals surface area contributed by atoms with Gasteiger partial charge in [0, 0.05) is 24.1 Å².